The van der Waals surface area contributed by atoms with E-state index in [4.69, 9.17) is 5.84 Å². The van der Waals surface area contributed by atoms with Gasteiger partial charge in [-0.2, -0.15) is 0 Å². The summed E-state index contributed by atoms with van der Waals surface area (Å²) < 4.78 is 2.62. The van der Waals surface area contributed by atoms with Crippen LogP contribution in [0.4, 0.5) is 0 Å². The van der Waals surface area contributed by atoms with E-state index in [1.807, 2.05) is 36.4 Å². The summed E-state index contributed by atoms with van der Waals surface area (Å²) in [5, 5.41) is 9.10. The van der Waals surface area contributed by atoms with Crippen molar-refractivity contribution in [2.24, 2.45) is 0 Å². The molecule has 112 valence electrons. The first kappa shape index (κ1) is 15.1. The number of thioether (sulfide) groups is 1. The van der Waals surface area contributed by atoms with Crippen LogP contribution in [0.2, 0.25) is 0 Å². The third kappa shape index (κ3) is 3.34. The highest BCUT2D eigenvalue weighted by atomic mass is 79.9. The Kier molecular flexibility index (Phi) is 4.49. The van der Waals surface area contributed by atoms with E-state index < -0.39 is 0 Å². The summed E-state index contributed by atoms with van der Waals surface area (Å²) in [6, 6.07) is 16.3. The SMILES string of the molecule is Cc1ccc(-c2nnc(SCc3cccc(Br)c3)n2N)cc1. The van der Waals surface area contributed by atoms with Crippen molar-refractivity contribution < 1.29 is 0 Å². The highest BCUT2D eigenvalue weighted by Crippen LogP contribution is 2.25. The average Bonchev–Trinajstić information content (AvgIpc) is 2.87. The number of nitrogens with zero attached hydrogens (tertiary/aromatic N) is 3. The van der Waals surface area contributed by atoms with Crippen molar-refractivity contribution >= 4 is 27.7 Å². The zero-order valence-electron chi connectivity index (χ0n) is 12.0. The van der Waals surface area contributed by atoms with Gasteiger partial charge in [-0.1, -0.05) is 69.7 Å². The summed E-state index contributed by atoms with van der Waals surface area (Å²) >= 11 is 5.05. The van der Waals surface area contributed by atoms with Crippen LogP contribution in [0.1, 0.15) is 11.1 Å². The second-order valence-electron chi connectivity index (χ2n) is 4.96. The maximum atomic E-state index is 6.13. The summed E-state index contributed by atoms with van der Waals surface area (Å²) in [5.74, 6) is 7.60. The number of hydrogen-bond acceptors (Lipinski definition) is 4. The van der Waals surface area contributed by atoms with Crippen molar-refractivity contribution in [2.75, 3.05) is 5.84 Å². The van der Waals surface area contributed by atoms with Crippen LogP contribution in [-0.4, -0.2) is 14.9 Å². The van der Waals surface area contributed by atoms with Crippen molar-refractivity contribution in [3.8, 4) is 11.4 Å². The molecule has 1 aromatic heterocycles. The lowest BCUT2D eigenvalue weighted by atomic mass is 10.1. The van der Waals surface area contributed by atoms with Crippen LogP contribution in [-0.2, 0) is 5.75 Å². The molecule has 22 heavy (non-hydrogen) atoms. The average molecular weight is 375 g/mol. The van der Waals surface area contributed by atoms with Gasteiger partial charge in [-0.25, -0.2) is 4.68 Å². The summed E-state index contributed by atoms with van der Waals surface area (Å²) in [6.07, 6.45) is 0. The van der Waals surface area contributed by atoms with Gasteiger partial charge in [0.25, 0.3) is 0 Å². The molecule has 0 amide bonds. The van der Waals surface area contributed by atoms with Crippen molar-refractivity contribution in [3.63, 3.8) is 0 Å². The first-order valence-electron chi connectivity index (χ1n) is 6.78. The molecule has 2 aromatic carbocycles. The molecular weight excluding hydrogens is 360 g/mol. The lowest BCUT2D eigenvalue weighted by molar-refractivity contribution is 0.849. The minimum absolute atomic E-state index is 0.678. The topological polar surface area (TPSA) is 56.7 Å². The maximum Gasteiger partial charge on any atom is 0.210 e. The predicted octanol–water partition coefficient (Wildman–Crippen LogP) is 4.02. The zero-order chi connectivity index (χ0) is 15.5. The van der Waals surface area contributed by atoms with Gasteiger partial charge in [-0.15, -0.1) is 10.2 Å². The first-order valence-corrected chi connectivity index (χ1v) is 8.56. The molecule has 6 heteroatoms. The third-order valence-electron chi connectivity index (χ3n) is 3.23. The van der Waals surface area contributed by atoms with E-state index >= 15 is 0 Å². The Morgan fingerprint density at radius 1 is 1.14 bits per heavy atom. The largest absolute Gasteiger partial charge is 0.335 e. The smallest absolute Gasteiger partial charge is 0.210 e. The number of aryl methyl sites for hydroxylation is 1. The molecule has 2 N–H and O–H groups in total. The van der Waals surface area contributed by atoms with Gasteiger partial charge < -0.3 is 5.84 Å². The number of halogens is 1. The number of nitrogens with two attached hydrogens (primary N) is 1. The lowest BCUT2D eigenvalue weighted by Gasteiger charge is -2.04. The van der Waals surface area contributed by atoms with E-state index in [0.717, 1.165) is 15.8 Å². The van der Waals surface area contributed by atoms with Gasteiger partial charge in [0.15, 0.2) is 5.82 Å². The molecule has 1 heterocycles. The Morgan fingerprint density at radius 2 is 1.91 bits per heavy atom. The Morgan fingerprint density at radius 3 is 2.64 bits per heavy atom. The fourth-order valence-corrected chi connectivity index (χ4v) is 3.30. The zero-order valence-corrected chi connectivity index (χ0v) is 14.4. The number of hydrogen-bond donors (Lipinski definition) is 1. The van der Waals surface area contributed by atoms with Gasteiger partial charge in [-0.3, -0.25) is 0 Å². The molecule has 4 nitrogen and oxygen atoms in total. The van der Waals surface area contributed by atoms with Crippen molar-refractivity contribution in [1.29, 1.82) is 0 Å². The highest BCUT2D eigenvalue weighted by molar-refractivity contribution is 9.10. The number of benzene rings is 2. The van der Waals surface area contributed by atoms with E-state index in [9.17, 15) is 0 Å². The molecule has 3 rings (SSSR count). The Labute approximate surface area is 141 Å². The Hall–Kier alpha value is -1.79. The molecule has 0 saturated heterocycles. The molecular formula is C16H15BrN4S. The Balaban J connectivity index is 1.77. The second-order valence-corrected chi connectivity index (χ2v) is 6.82. The molecule has 0 spiro atoms. The molecule has 0 aliphatic heterocycles. The van der Waals surface area contributed by atoms with Crippen LogP contribution in [0, 0.1) is 6.92 Å². The molecule has 3 aromatic rings. The molecule has 0 aliphatic carbocycles. The van der Waals surface area contributed by atoms with Gasteiger partial charge in [0.05, 0.1) is 0 Å². The molecule has 0 radical (unpaired) electrons. The molecule has 0 aliphatic rings. The van der Waals surface area contributed by atoms with Gasteiger partial charge in [0.2, 0.25) is 5.16 Å². The summed E-state index contributed by atoms with van der Waals surface area (Å²) in [6.45, 7) is 2.05. The number of nitrogen functional groups attached to an aromatic ring is 1. The normalized spacial score (nSPS) is 10.8. The fraction of sp³-hybridized carbons (Fsp3) is 0.125. The molecule has 0 atom stereocenters. The standard InChI is InChI=1S/C16H15BrN4S/c1-11-5-7-13(8-6-11)15-19-20-16(21(15)18)22-10-12-3-2-4-14(17)9-12/h2-9H,10,18H2,1H3. The first-order chi connectivity index (χ1) is 10.6. The third-order valence-corrected chi connectivity index (χ3v) is 4.74. The Bertz CT molecular complexity index is 783. The maximum absolute atomic E-state index is 6.13. The van der Waals surface area contributed by atoms with Gasteiger partial charge in [0, 0.05) is 15.8 Å². The van der Waals surface area contributed by atoms with E-state index in [0.29, 0.717) is 11.0 Å². The molecule has 0 fully saturated rings. The summed E-state index contributed by atoms with van der Waals surface area (Å²) in [7, 11) is 0. The molecule has 0 bridgehead atoms. The van der Waals surface area contributed by atoms with Crippen LogP contribution in [0.3, 0.4) is 0 Å². The number of aromatic nitrogens is 3. The molecule has 0 saturated carbocycles. The van der Waals surface area contributed by atoms with Crippen molar-refractivity contribution in [3.05, 3.63) is 64.1 Å². The van der Waals surface area contributed by atoms with Crippen LogP contribution in [0.5, 0.6) is 0 Å². The van der Waals surface area contributed by atoms with Crippen LogP contribution >= 0.6 is 27.7 Å². The minimum Gasteiger partial charge on any atom is -0.335 e. The molecule has 0 unspecified atom stereocenters. The van der Waals surface area contributed by atoms with Gasteiger partial charge in [-0.05, 0) is 24.6 Å². The van der Waals surface area contributed by atoms with Gasteiger partial charge in [0.1, 0.15) is 0 Å². The lowest BCUT2D eigenvalue weighted by Crippen LogP contribution is -2.11. The number of rotatable bonds is 4. The van der Waals surface area contributed by atoms with Gasteiger partial charge >= 0.3 is 0 Å². The van der Waals surface area contributed by atoms with Crippen molar-refractivity contribution in [1.82, 2.24) is 14.9 Å². The van der Waals surface area contributed by atoms with E-state index in [1.165, 1.54) is 11.1 Å². The summed E-state index contributed by atoms with van der Waals surface area (Å²) in [4.78, 5) is 0. The second kappa shape index (κ2) is 6.54. The quantitative estimate of drug-likeness (QED) is 0.553. The van der Waals surface area contributed by atoms with Crippen LogP contribution in [0.15, 0.2) is 58.2 Å². The van der Waals surface area contributed by atoms with E-state index in [-0.39, 0.29) is 0 Å². The van der Waals surface area contributed by atoms with Crippen LogP contribution < -0.4 is 5.84 Å². The fourth-order valence-electron chi connectivity index (χ4n) is 2.05. The predicted molar refractivity (Wildman–Crippen MR) is 94.0 cm³/mol. The van der Waals surface area contributed by atoms with Crippen molar-refractivity contribution in [2.45, 2.75) is 17.8 Å². The van der Waals surface area contributed by atoms with Crippen LogP contribution in [0.25, 0.3) is 11.4 Å². The van der Waals surface area contributed by atoms with E-state index in [1.54, 1.807) is 16.4 Å². The highest BCUT2D eigenvalue weighted by Gasteiger charge is 2.12. The minimum atomic E-state index is 0.678. The van der Waals surface area contributed by atoms with E-state index in [2.05, 4.69) is 45.2 Å². The summed E-state index contributed by atoms with van der Waals surface area (Å²) in [5.41, 5.74) is 3.38. The monoisotopic (exact) mass is 374 g/mol.